The van der Waals surface area contributed by atoms with E-state index in [9.17, 15) is 5.11 Å². The quantitative estimate of drug-likeness (QED) is 0.142. The molecule has 6 nitrogen and oxygen atoms in total. The maximum Gasteiger partial charge on any atom is 0.222 e. The fraction of sp³-hybridized carbons (Fsp3) is 0.250. The van der Waals surface area contributed by atoms with Crippen LogP contribution in [-0.4, -0.2) is 36.1 Å². The number of rotatable bonds is 14. The maximum atomic E-state index is 12.6. The van der Waals surface area contributed by atoms with Gasteiger partial charge < -0.3 is 28.8 Å². The van der Waals surface area contributed by atoms with Crippen molar-refractivity contribution in [2.75, 3.05) is 6.61 Å². The van der Waals surface area contributed by atoms with E-state index >= 15 is 0 Å². The van der Waals surface area contributed by atoms with E-state index < -0.39 is 30.2 Å². The molecule has 236 valence electrons. The summed E-state index contributed by atoms with van der Waals surface area (Å²) in [6, 6.07) is 49.2. The lowest BCUT2D eigenvalue weighted by Crippen LogP contribution is -2.65. The van der Waals surface area contributed by atoms with Gasteiger partial charge in [-0.1, -0.05) is 152 Å². The zero-order valence-corrected chi connectivity index (χ0v) is 25.8. The second kappa shape index (κ2) is 15.9. The lowest BCUT2D eigenvalue weighted by Gasteiger charge is -2.50. The summed E-state index contributed by atoms with van der Waals surface area (Å²) in [6.07, 6.45) is -2.98. The van der Waals surface area contributed by atoms with Crippen molar-refractivity contribution in [2.45, 2.75) is 56.6 Å². The molecular formula is C40H40O6. The highest BCUT2D eigenvalue weighted by atomic mass is 16.7. The molecule has 1 saturated heterocycles. The van der Waals surface area contributed by atoms with Gasteiger partial charge in [-0.2, -0.15) is 0 Å². The first kappa shape index (κ1) is 31.8. The molecule has 0 saturated carbocycles. The molecule has 0 aromatic heterocycles. The van der Waals surface area contributed by atoms with Crippen LogP contribution >= 0.6 is 0 Å². The molecule has 5 atom stereocenters. The van der Waals surface area contributed by atoms with E-state index in [1.165, 1.54) is 0 Å². The van der Waals surface area contributed by atoms with Crippen LogP contribution in [0.2, 0.25) is 0 Å². The summed E-state index contributed by atoms with van der Waals surface area (Å²) in [7, 11) is 0. The molecule has 0 radical (unpaired) electrons. The first-order valence-electron chi connectivity index (χ1n) is 15.7. The van der Waals surface area contributed by atoms with Gasteiger partial charge in [-0.05, 0) is 22.3 Å². The number of hydrogen-bond donors (Lipinski definition) is 1. The Morgan fingerprint density at radius 2 is 0.870 bits per heavy atom. The van der Waals surface area contributed by atoms with Crippen molar-refractivity contribution < 1.29 is 28.8 Å². The van der Waals surface area contributed by atoms with Gasteiger partial charge in [0.2, 0.25) is 5.79 Å². The van der Waals surface area contributed by atoms with Crippen LogP contribution in [0.3, 0.4) is 0 Å². The van der Waals surface area contributed by atoms with Crippen LogP contribution in [0.25, 0.3) is 0 Å². The first-order chi connectivity index (χ1) is 22.7. The molecule has 0 spiro atoms. The summed E-state index contributed by atoms with van der Waals surface area (Å²) in [5, 5.41) is 12.6. The highest BCUT2D eigenvalue weighted by molar-refractivity contribution is 5.25. The van der Waals surface area contributed by atoms with Crippen molar-refractivity contribution in [3.63, 3.8) is 0 Å². The molecule has 1 heterocycles. The van der Waals surface area contributed by atoms with Gasteiger partial charge in [0.05, 0.1) is 33.0 Å². The van der Waals surface area contributed by atoms with E-state index in [0.29, 0.717) is 25.4 Å². The van der Waals surface area contributed by atoms with Crippen LogP contribution in [0.15, 0.2) is 152 Å². The molecule has 0 aliphatic carbocycles. The van der Waals surface area contributed by atoms with E-state index in [4.69, 9.17) is 23.7 Å². The van der Waals surface area contributed by atoms with Crippen molar-refractivity contribution in [2.24, 2.45) is 0 Å². The molecule has 5 aromatic rings. The van der Waals surface area contributed by atoms with E-state index in [2.05, 4.69) is 0 Å². The lowest BCUT2D eigenvalue weighted by atomic mass is 9.87. The summed E-state index contributed by atoms with van der Waals surface area (Å²) in [5.41, 5.74) is 4.58. The van der Waals surface area contributed by atoms with Gasteiger partial charge in [0.15, 0.2) is 0 Å². The molecule has 0 bridgehead atoms. The molecule has 6 rings (SSSR count). The van der Waals surface area contributed by atoms with Gasteiger partial charge in [-0.15, -0.1) is 0 Å². The van der Waals surface area contributed by atoms with E-state index in [1.54, 1.807) is 0 Å². The Labute approximate surface area is 271 Å². The third-order valence-corrected chi connectivity index (χ3v) is 8.13. The average Bonchev–Trinajstić information content (AvgIpc) is 3.12. The highest BCUT2D eigenvalue weighted by Gasteiger charge is 2.57. The Bertz CT molecular complexity index is 1570. The molecule has 0 amide bonds. The zero-order valence-electron chi connectivity index (χ0n) is 25.8. The standard InChI is InChI=1S/C40H40O6/c41-40(35-24-14-5-15-25-35)39(45-29-34-22-12-4-13-23-34)38(44-28-33-20-10-3-11-21-33)37(43-27-32-18-8-2-9-19-32)36(46-40)30-42-26-31-16-6-1-7-17-31/h1-25,36-39,41H,26-30H2. The van der Waals surface area contributed by atoms with Crippen LogP contribution in [0.5, 0.6) is 0 Å². The third-order valence-electron chi connectivity index (χ3n) is 8.13. The number of ether oxygens (including phenoxy) is 5. The molecule has 1 aliphatic rings. The lowest BCUT2D eigenvalue weighted by molar-refractivity contribution is -0.378. The third kappa shape index (κ3) is 8.17. The van der Waals surface area contributed by atoms with Crippen molar-refractivity contribution in [1.82, 2.24) is 0 Å². The Morgan fingerprint density at radius 3 is 1.35 bits per heavy atom. The van der Waals surface area contributed by atoms with Crippen LogP contribution in [0.1, 0.15) is 27.8 Å². The molecule has 5 aromatic carbocycles. The van der Waals surface area contributed by atoms with Crippen molar-refractivity contribution in [3.05, 3.63) is 179 Å². The molecule has 1 fully saturated rings. The summed E-state index contributed by atoms with van der Waals surface area (Å²) < 4.78 is 33.0. The summed E-state index contributed by atoms with van der Waals surface area (Å²) in [5.74, 6) is -1.86. The zero-order chi connectivity index (χ0) is 31.4. The molecule has 1 aliphatic heterocycles. The van der Waals surface area contributed by atoms with Crippen LogP contribution in [0.4, 0.5) is 0 Å². The minimum atomic E-state index is -1.86. The largest absolute Gasteiger partial charge is 0.374 e. The second-order valence-electron chi connectivity index (χ2n) is 11.5. The van der Waals surface area contributed by atoms with Crippen LogP contribution < -0.4 is 0 Å². The van der Waals surface area contributed by atoms with Crippen molar-refractivity contribution in [1.29, 1.82) is 0 Å². The van der Waals surface area contributed by atoms with E-state index in [-0.39, 0.29) is 13.2 Å². The Balaban J connectivity index is 1.36. The normalized spacial score (nSPS) is 22.8. The van der Waals surface area contributed by atoms with Gasteiger partial charge >= 0.3 is 0 Å². The smallest absolute Gasteiger partial charge is 0.222 e. The second-order valence-corrected chi connectivity index (χ2v) is 11.5. The molecule has 1 N–H and O–H groups in total. The molecular weight excluding hydrogens is 576 g/mol. The number of hydrogen-bond acceptors (Lipinski definition) is 6. The van der Waals surface area contributed by atoms with Crippen molar-refractivity contribution >= 4 is 0 Å². The Kier molecular flexibility index (Phi) is 11.0. The highest BCUT2D eigenvalue weighted by Crippen LogP contribution is 2.41. The topological polar surface area (TPSA) is 66.4 Å². The van der Waals surface area contributed by atoms with Crippen molar-refractivity contribution in [3.8, 4) is 0 Å². The maximum absolute atomic E-state index is 12.6. The minimum Gasteiger partial charge on any atom is -0.374 e. The molecule has 5 unspecified atom stereocenters. The number of aliphatic hydroxyl groups is 1. The monoisotopic (exact) mass is 616 g/mol. The Hall–Kier alpha value is -4.14. The average molecular weight is 617 g/mol. The summed E-state index contributed by atoms with van der Waals surface area (Å²) in [4.78, 5) is 0. The van der Waals surface area contributed by atoms with Crippen LogP contribution in [-0.2, 0) is 55.9 Å². The van der Waals surface area contributed by atoms with Gasteiger partial charge in [0.25, 0.3) is 0 Å². The van der Waals surface area contributed by atoms with Gasteiger partial charge in [0, 0.05) is 5.56 Å². The van der Waals surface area contributed by atoms with Crippen LogP contribution in [0, 0.1) is 0 Å². The summed E-state index contributed by atoms with van der Waals surface area (Å²) in [6.45, 7) is 1.42. The fourth-order valence-corrected chi connectivity index (χ4v) is 5.76. The fourth-order valence-electron chi connectivity index (χ4n) is 5.76. The van der Waals surface area contributed by atoms with Gasteiger partial charge in [-0.25, -0.2) is 0 Å². The van der Waals surface area contributed by atoms with E-state index in [1.807, 2.05) is 152 Å². The minimum absolute atomic E-state index is 0.167. The Morgan fingerprint density at radius 1 is 0.478 bits per heavy atom. The number of benzene rings is 5. The predicted molar refractivity (Wildman–Crippen MR) is 176 cm³/mol. The van der Waals surface area contributed by atoms with Gasteiger partial charge in [0.1, 0.15) is 24.4 Å². The molecule has 46 heavy (non-hydrogen) atoms. The SMILES string of the molecule is OC1(c2ccccc2)OC(COCc2ccccc2)C(OCc2ccccc2)C(OCc2ccccc2)C1OCc1ccccc1. The first-order valence-corrected chi connectivity index (χ1v) is 15.7. The predicted octanol–water partition coefficient (Wildman–Crippen LogP) is 7.20. The molecule has 6 heteroatoms. The van der Waals surface area contributed by atoms with E-state index in [0.717, 1.165) is 22.3 Å². The summed E-state index contributed by atoms with van der Waals surface area (Å²) >= 11 is 0. The van der Waals surface area contributed by atoms with Gasteiger partial charge in [-0.3, -0.25) is 0 Å².